The summed E-state index contributed by atoms with van der Waals surface area (Å²) in [6.45, 7) is 7.32. The normalized spacial score (nSPS) is 27.3. The van der Waals surface area contributed by atoms with E-state index in [9.17, 15) is 0 Å². The molecule has 1 aliphatic heterocycles. The van der Waals surface area contributed by atoms with E-state index in [0.29, 0.717) is 12.0 Å². The molecule has 1 saturated carbocycles. The van der Waals surface area contributed by atoms with Crippen LogP contribution in [0.1, 0.15) is 25.3 Å². The standard InChI is InChI=1S/C15H24N2OS/c1-2-16-15-10-18-9-13(15)8-17(14-3-4-14)7-12-5-6-19-11-12/h5-6,11,13-16H,2-4,7-10H2,1H3. The zero-order valence-corrected chi connectivity index (χ0v) is 12.5. The third-order valence-electron chi connectivity index (χ3n) is 4.16. The van der Waals surface area contributed by atoms with Crippen molar-refractivity contribution in [3.05, 3.63) is 22.4 Å². The van der Waals surface area contributed by atoms with Gasteiger partial charge in [0.2, 0.25) is 0 Å². The Labute approximate surface area is 119 Å². The first-order valence-corrected chi connectivity index (χ1v) is 8.37. The van der Waals surface area contributed by atoms with Gasteiger partial charge in [0, 0.05) is 31.1 Å². The van der Waals surface area contributed by atoms with E-state index in [2.05, 4.69) is 34.0 Å². The van der Waals surface area contributed by atoms with Gasteiger partial charge in [-0.3, -0.25) is 4.90 Å². The SMILES string of the molecule is CCNC1COCC1CN(Cc1ccsc1)C1CC1. The molecule has 2 aliphatic rings. The van der Waals surface area contributed by atoms with E-state index in [1.54, 1.807) is 11.3 Å². The summed E-state index contributed by atoms with van der Waals surface area (Å²) in [5.41, 5.74) is 1.47. The van der Waals surface area contributed by atoms with Gasteiger partial charge in [0.25, 0.3) is 0 Å². The maximum atomic E-state index is 5.67. The Morgan fingerprint density at radius 3 is 3.00 bits per heavy atom. The number of nitrogens with zero attached hydrogens (tertiary/aromatic N) is 1. The number of ether oxygens (including phenoxy) is 1. The van der Waals surface area contributed by atoms with Gasteiger partial charge >= 0.3 is 0 Å². The zero-order valence-electron chi connectivity index (χ0n) is 11.7. The fourth-order valence-electron chi connectivity index (χ4n) is 2.97. The molecule has 1 saturated heterocycles. The Morgan fingerprint density at radius 2 is 2.32 bits per heavy atom. The number of thiophene rings is 1. The number of hydrogen-bond donors (Lipinski definition) is 1. The molecule has 1 aromatic rings. The maximum Gasteiger partial charge on any atom is 0.0623 e. The number of hydrogen-bond acceptors (Lipinski definition) is 4. The van der Waals surface area contributed by atoms with Crippen LogP contribution in [-0.4, -0.2) is 43.3 Å². The van der Waals surface area contributed by atoms with Gasteiger partial charge in [-0.25, -0.2) is 0 Å². The van der Waals surface area contributed by atoms with Gasteiger partial charge in [-0.2, -0.15) is 11.3 Å². The Bertz CT molecular complexity index is 378. The largest absolute Gasteiger partial charge is 0.379 e. The van der Waals surface area contributed by atoms with Gasteiger partial charge in [-0.15, -0.1) is 0 Å². The van der Waals surface area contributed by atoms with Crippen molar-refractivity contribution in [3.8, 4) is 0 Å². The summed E-state index contributed by atoms with van der Waals surface area (Å²) in [5.74, 6) is 0.652. The summed E-state index contributed by atoms with van der Waals surface area (Å²) in [6, 6.07) is 3.63. The van der Waals surface area contributed by atoms with Crippen LogP contribution < -0.4 is 5.32 Å². The van der Waals surface area contributed by atoms with Crippen molar-refractivity contribution in [2.24, 2.45) is 5.92 Å². The van der Waals surface area contributed by atoms with Crippen LogP contribution in [0.25, 0.3) is 0 Å². The minimum Gasteiger partial charge on any atom is -0.379 e. The van der Waals surface area contributed by atoms with Crippen molar-refractivity contribution in [1.82, 2.24) is 10.2 Å². The smallest absolute Gasteiger partial charge is 0.0623 e. The molecule has 106 valence electrons. The van der Waals surface area contributed by atoms with Crippen LogP contribution in [0, 0.1) is 5.92 Å². The third-order valence-corrected chi connectivity index (χ3v) is 4.89. The van der Waals surface area contributed by atoms with Gasteiger partial charge in [0.1, 0.15) is 0 Å². The van der Waals surface area contributed by atoms with Crippen molar-refractivity contribution in [2.45, 2.75) is 38.4 Å². The molecule has 19 heavy (non-hydrogen) atoms. The number of nitrogens with one attached hydrogen (secondary N) is 1. The summed E-state index contributed by atoms with van der Waals surface area (Å²) in [5, 5.41) is 8.03. The van der Waals surface area contributed by atoms with Crippen LogP contribution in [0.15, 0.2) is 16.8 Å². The topological polar surface area (TPSA) is 24.5 Å². The van der Waals surface area contributed by atoms with Crippen LogP contribution in [-0.2, 0) is 11.3 Å². The second-order valence-electron chi connectivity index (χ2n) is 5.75. The summed E-state index contributed by atoms with van der Waals surface area (Å²) in [7, 11) is 0. The summed E-state index contributed by atoms with van der Waals surface area (Å²) < 4.78 is 5.67. The molecule has 1 aliphatic carbocycles. The molecule has 3 rings (SSSR count). The minimum absolute atomic E-state index is 0.550. The average Bonchev–Trinajstić information content (AvgIpc) is 2.96. The first kappa shape index (κ1) is 13.6. The minimum atomic E-state index is 0.550. The van der Waals surface area contributed by atoms with Crippen molar-refractivity contribution in [2.75, 3.05) is 26.3 Å². The molecule has 2 heterocycles. The zero-order chi connectivity index (χ0) is 13.1. The van der Waals surface area contributed by atoms with Crippen molar-refractivity contribution >= 4 is 11.3 Å². The van der Waals surface area contributed by atoms with Gasteiger partial charge in [-0.1, -0.05) is 6.92 Å². The van der Waals surface area contributed by atoms with Crippen LogP contribution in [0.4, 0.5) is 0 Å². The van der Waals surface area contributed by atoms with Gasteiger partial charge in [0.05, 0.1) is 13.2 Å². The summed E-state index contributed by atoms with van der Waals surface area (Å²) in [6.07, 6.45) is 2.76. The second kappa shape index (κ2) is 6.35. The van der Waals surface area contributed by atoms with Crippen LogP contribution in [0.5, 0.6) is 0 Å². The first-order valence-electron chi connectivity index (χ1n) is 7.43. The van der Waals surface area contributed by atoms with Crippen molar-refractivity contribution < 1.29 is 4.74 Å². The quantitative estimate of drug-likeness (QED) is 0.829. The fourth-order valence-corrected chi connectivity index (χ4v) is 3.63. The lowest BCUT2D eigenvalue weighted by Crippen LogP contribution is -2.42. The van der Waals surface area contributed by atoms with Crippen LogP contribution in [0.2, 0.25) is 0 Å². The highest BCUT2D eigenvalue weighted by Crippen LogP contribution is 2.30. The molecule has 4 heteroatoms. The average molecular weight is 280 g/mol. The van der Waals surface area contributed by atoms with Crippen LogP contribution >= 0.6 is 11.3 Å². The Balaban J connectivity index is 1.58. The van der Waals surface area contributed by atoms with Gasteiger partial charge in [-0.05, 0) is 41.8 Å². The second-order valence-corrected chi connectivity index (χ2v) is 6.53. The fraction of sp³-hybridized carbons (Fsp3) is 0.733. The van der Waals surface area contributed by atoms with Gasteiger partial charge < -0.3 is 10.1 Å². The highest BCUT2D eigenvalue weighted by Gasteiger charge is 2.35. The molecule has 2 fully saturated rings. The molecule has 0 aromatic carbocycles. The van der Waals surface area contributed by atoms with E-state index in [4.69, 9.17) is 4.74 Å². The summed E-state index contributed by atoms with van der Waals surface area (Å²) >= 11 is 1.80. The molecule has 0 radical (unpaired) electrons. The van der Waals surface area contributed by atoms with E-state index >= 15 is 0 Å². The van der Waals surface area contributed by atoms with E-state index < -0.39 is 0 Å². The Hall–Kier alpha value is -0.420. The van der Waals surface area contributed by atoms with E-state index in [0.717, 1.165) is 32.3 Å². The first-order chi connectivity index (χ1) is 9.36. The van der Waals surface area contributed by atoms with E-state index in [1.165, 1.54) is 24.9 Å². The van der Waals surface area contributed by atoms with E-state index in [1.807, 2.05) is 0 Å². The number of likely N-dealkylation sites (N-methyl/N-ethyl adjacent to an activating group) is 1. The molecular weight excluding hydrogens is 256 g/mol. The third kappa shape index (κ3) is 3.57. The Morgan fingerprint density at radius 1 is 1.42 bits per heavy atom. The molecular formula is C15H24N2OS. The van der Waals surface area contributed by atoms with Gasteiger partial charge in [0.15, 0.2) is 0 Å². The number of rotatable bonds is 7. The monoisotopic (exact) mass is 280 g/mol. The summed E-state index contributed by atoms with van der Waals surface area (Å²) in [4.78, 5) is 2.67. The lowest BCUT2D eigenvalue weighted by molar-refractivity contribution is 0.161. The highest BCUT2D eigenvalue weighted by molar-refractivity contribution is 7.07. The highest BCUT2D eigenvalue weighted by atomic mass is 32.1. The van der Waals surface area contributed by atoms with Crippen molar-refractivity contribution in [3.63, 3.8) is 0 Å². The molecule has 0 bridgehead atoms. The Kier molecular flexibility index (Phi) is 4.53. The maximum absolute atomic E-state index is 5.67. The molecule has 3 nitrogen and oxygen atoms in total. The molecule has 2 atom stereocenters. The molecule has 0 spiro atoms. The molecule has 0 amide bonds. The molecule has 1 N–H and O–H groups in total. The predicted molar refractivity (Wildman–Crippen MR) is 79.5 cm³/mol. The van der Waals surface area contributed by atoms with Crippen LogP contribution in [0.3, 0.4) is 0 Å². The van der Waals surface area contributed by atoms with Crippen molar-refractivity contribution in [1.29, 1.82) is 0 Å². The molecule has 1 aromatic heterocycles. The lowest BCUT2D eigenvalue weighted by Gasteiger charge is -2.27. The van der Waals surface area contributed by atoms with E-state index in [-0.39, 0.29) is 0 Å². The predicted octanol–water partition coefficient (Wildman–Crippen LogP) is 2.34. The molecule has 2 unspecified atom stereocenters. The lowest BCUT2D eigenvalue weighted by atomic mass is 10.0.